The van der Waals surface area contributed by atoms with Gasteiger partial charge in [0.15, 0.2) is 12.4 Å². The topological polar surface area (TPSA) is 69.6 Å². The van der Waals surface area contributed by atoms with Crippen molar-refractivity contribution in [1.29, 1.82) is 0 Å². The Kier molecular flexibility index (Phi) is 5.23. The third kappa shape index (κ3) is 3.91. The fourth-order valence-corrected chi connectivity index (χ4v) is 0.447. The summed E-state index contributed by atoms with van der Waals surface area (Å²) < 4.78 is 28.1. The van der Waals surface area contributed by atoms with Crippen LogP contribution in [0.2, 0.25) is 0 Å². The second-order valence-corrected chi connectivity index (χ2v) is 2.19. The van der Waals surface area contributed by atoms with Gasteiger partial charge in [-0.15, -0.1) is 0 Å². The van der Waals surface area contributed by atoms with E-state index in [1.54, 1.807) is 0 Å². The molecule has 0 rings (SSSR count). The first kappa shape index (κ1) is 11.7. The molecule has 0 aromatic heterocycles. The van der Waals surface area contributed by atoms with Gasteiger partial charge in [-0.25, -0.2) is 13.9 Å². The average molecular weight is 185 g/mol. The first-order chi connectivity index (χ1) is 5.49. The van der Waals surface area contributed by atoms with E-state index < -0.39 is 25.1 Å². The Labute approximate surface area is 68.4 Å². The van der Waals surface area contributed by atoms with Crippen molar-refractivity contribution in [3.8, 4) is 0 Å². The highest BCUT2D eigenvalue weighted by Gasteiger charge is 2.28. The molecule has 0 fully saturated rings. The highest BCUT2D eigenvalue weighted by atomic mass is 19.2. The van der Waals surface area contributed by atoms with Crippen LogP contribution in [0, 0.1) is 0 Å². The van der Waals surface area contributed by atoms with Crippen LogP contribution < -0.4 is 0 Å². The second-order valence-electron chi connectivity index (χ2n) is 2.19. The number of ether oxygens (including phenoxy) is 1. The highest BCUT2D eigenvalue weighted by molar-refractivity contribution is 4.60. The summed E-state index contributed by atoms with van der Waals surface area (Å²) in [6.07, 6.45) is -9.23. The lowest BCUT2D eigenvalue weighted by molar-refractivity contribution is -0.253. The third-order valence-corrected chi connectivity index (χ3v) is 1.17. The van der Waals surface area contributed by atoms with Crippen LogP contribution in [0.3, 0.4) is 0 Å². The number of halogens is 2. The smallest absolute Gasteiger partial charge is 0.232 e. The maximum Gasteiger partial charge on any atom is 0.232 e. The summed E-state index contributed by atoms with van der Waals surface area (Å²) in [6, 6.07) is 0. The van der Waals surface area contributed by atoms with Crippen molar-refractivity contribution in [1.82, 2.24) is 0 Å². The van der Waals surface area contributed by atoms with Gasteiger partial charge in [-0.3, -0.25) is 0 Å². The Morgan fingerprint density at radius 3 is 2.25 bits per heavy atom. The lowest BCUT2D eigenvalue weighted by Gasteiger charge is -2.17. The summed E-state index contributed by atoms with van der Waals surface area (Å²) in [5.41, 5.74) is 0. The van der Waals surface area contributed by atoms with Gasteiger partial charge in [-0.1, -0.05) is 6.92 Å². The maximum absolute atomic E-state index is 12.4. The zero-order valence-electron chi connectivity index (χ0n) is 6.48. The summed E-state index contributed by atoms with van der Waals surface area (Å²) >= 11 is 0. The number of aliphatic hydroxyl groups excluding tert-OH is 2. The molecule has 12 heavy (non-hydrogen) atoms. The molecule has 0 aromatic rings. The SMILES string of the molecule is CCC([O])OC(F)C(O)C(O)F. The lowest BCUT2D eigenvalue weighted by Crippen LogP contribution is -2.35. The molecule has 0 aromatic carbocycles. The quantitative estimate of drug-likeness (QED) is 0.597. The van der Waals surface area contributed by atoms with E-state index in [9.17, 15) is 13.9 Å². The number of aliphatic hydroxyl groups is 2. The van der Waals surface area contributed by atoms with Crippen LogP contribution in [0.5, 0.6) is 0 Å². The molecule has 2 N–H and O–H groups in total. The lowest BCUT2D eigenvalue weighted by atomic mass is 10.3. The standard InChI is InChI=1S/C6H11F2O4/c1-2-3(9)12-6(8)4(10)5(7)11/h3-6,10-11H,2H2,1H3. The van der Waals surface area contributed by atoms with Gasteiger partial charge in [-0.05, 0) is 6.42 Å². The summed E-state index contributed by atoms with van der Waals surface area (Å²) in [5, 5.41) is 27.0. The molecular formula is C6H11F2O4. The van der Waals surface area contributed by atoms with E-state index in [2.05, 4.69) is 4.74 Å². The number of rotatable bonds is 5. The molecule has 0 saturated heterocycles. The summed E-state index contributed by atoms with van der Waals surface area (Å²) in [5.74, 6) is 0. The van der Waals surface area contributed by atoms with Crippen LogP contribution in [-0.2, 0) is 9.84 Å². The summed E-state index contributed by atoms with van der Waals surface area (Å²) in [7, 11) is 0. The van der Waals surface area contributed by atoms with Crippen LogP contribution >= 0.6 is 0 Å². The van der Waals surface area contributed by atoms with Crippen molar-refractivity contribution < 1.29 is 28.8 Å². The minimum atomic E-state index is -2.75. The van der Waals surface area contributed by atoms with Gasteiger partial charge < -0.3 is 14.9 Å². The van der Waals surface area contributed by atoms with Gasteiger partial charge in [0, 0.05) is 0 Å². The normalized spacial score (nSPS) is 21.5. The molecule has 0 heterocycles. The number of hydrogen-bond acceptors (Lipinski definition) is 3. The first-order valence-electron chi connectivity index (χ1n) is 3.44. The zero-order valence-corrected chi connectivity index (χ0v) is 6.48. The van der Waals surface area contributed by atoms with Crippen molar-refractivity contribution in [2.75, 3.05) is 0 Å². The molecule has 0 amide bonds. The van der Waals surface area contributed by atoms with Crippen LogP contribution in [0.1, 0.15) is 13.3 Å². The molecule has 0 spiro atoms. The van der Waals surface area contributed by atoms with Crippen molar-refractivity contribution in [2.24, 2.45) is 0 Å². The van der Waals surface area contributed by atoms with Gasteiger partial charge in [-0.2, -0.15) is 0 Å². The predicted octanol–water partition coefficient (Wildman–Crippen LogP) is 0.114. The van der Waals surface area contributed by atoms with E-state index in [0.29, 0.717) is 0 Å². The van der Waals surface area contributed by atoms with Gasteiger partial charge in [0.25, 0.3) is 0 Å². The second kappa shape index (κ2) is 5.36. The van der Waals surface area contributed by atoms with Crippen LogP contribution in [0.15, 0.2) is 0 Å². The van der Waals surface area contributed by atoms with Gasteiger partial charge in [0.05, 0.1) is 0 Å². The largest absolute Gasteiger partial charge is 0.382 e. The molecule has 73 valence electrons. The van der Waals surface area contributed by atoms with E-state index in [-0.39, 0.29) is 6.42 Å². The van der Waals surface area contributed by atoms with E-state index in [4.69, 9.17) is 10.2 Å². The van der Waals surface area contributed by atoms with Crippen LogP contribution in [0.4, 0.5) is 8.78 Å². The molecule has 4 nitrogen and oxygen atoms in total. The summed E-state index contributed by atoms with van der Waals surface area (Å²) in [6.45, 7) is 1.45. The van der Waals surface area contributed by atoms with Gasteiger partial charge >= 0.3 is 0 Å². The summed E-state index contributed by atoms with van der Waals surface area (Å²) in [4.78, 5) is 0. The molecule has 0 bridgehead atoms. The fourth-order valence-electron chi connectivity index (χ4n) is 0.447. The molecule has 0 saturated carbocycles. The molecule has 0 aliphatic heterocycles. The minimum Gasteiger partial charge on any atom is -0.382 e. The number of alkyl halides is 2. The maximum atomic E-state index is 12.4. The van der Waals surface area contributed by atoms with Crippen LogP contribution in [-0.4, -0.2) is 35.3 Å². The van der Waals surface area contributed by atoms with Gasteiger partial charge in [0.2, 0.25) is 12.7 Å². The zero-order chi connectivity index (χ0) is 9.72. The number of hydrogen-bond donors (Lipinski definition) is 2. The van der Waals surface area contributed by atoms with Crippen LogP contribution in [0.25, 0.3) is 0 Å². The Balaban J connectivity index is 3.78. The Bertz CT molecular complexity index is 122. The van der Waals surface area contributed by atoms with E-state index in [1.807, 2.05) is 0 Å². The Morgan fingerprint density at radius 2 is 1.92 bits per heavy atom. The molecule has 0 aliphatic rings. The van der Waals surface area contributed by atoms with Crippen molar-refractivity contribution in [3.63, 3.8) is 0 Å². The molecule has 4 atom stereocenters. The van der Waals surface area contributed by atoms with Gasteiger partial charge in [0.1, 0.15) is 0 Å². The van der Waals surface area contributed by atoms with Crippen molar-refractivity contribution in [3.05, 3.63) is 0 Å². The average Bonchev–Trinajstić information content (AvgIpc) is 2.02. The van der Waals surface area contributed by atoms with Crippen molar-refractivity contribution in [2.45, 2.75) is 38.5 Å². The third-order valence-electron chi connectivity index (χ3n) is 1.17. The highest BCUT2D eigenvalue weighted by Crippen LogP contribution is 2.10. The molecular weight excluding hydrogens is 174 g/mol. The Morgan fingerprint density at radius 1 is 1.42 bits per heavy atom. The first-order valence-corrected chi connectivity index (χ1v) is 3.44. The molecule has 1 radical (unpaired) electrons. The minimum absolute atomic E-state index is 0.00444. The van der Waals surface area contributed by atoms with Crippen molar-refractivity contribution >= 4 is 0 Å². The molecule has 4 unspecified atom stereocenters. The fraction of sp³-hybridized carbons (Fsp3) is 1.00. The Hall–Kier alpha value is -0.300. The predicted molar refractivity (Wildman–Crippen MR) is 33.9 cm³/mol. The molecule has 6 heteroatoms. The monoisotopic (exact) mass is 185 g/mol. The molecule has 0 aliphatic carbocycles. The van der Waals surface area contributed by atoms with E-state index >= 15 is 0 Å². The van der Waals surface area contributed by atoms with E-state index in [1.165, 1.54) is 6.92 Å². The van der Waals surface area contributed by atoms with E-state index in [0.717, 1.165) is 0 Å².